The fraction of sp³-hybridized carbons (Fsp3) is 0.632. The Hall–Kier alpha value is -1.44. The lowest BCUT2D eigenvalue weighted by Gasteiger charge is -2.26. The first-order chi connectivity index (χ1) is 12.4. The number of fused-ring (bicyclic) bond motifs is 2. The number of carbonyl (C=O) groups excluding carboxylic acids is 1. The Bertz CT molecular complexity index is 886. The minimum atomic E-state index is -0.393. The predicted molar refractivity (Wildman–Crippen MR) is 113 cm³/mol. The van der Waals surface area contributed by atoms with Gasteiger partial charge in [0.1, 0.15) is 10.7 Å². The highest BCUT2D eigenvalue weighted by molar-refractivity contribution is 7.20. The van der Waals surface area contributed by atoms with E-state index < -0.39 is 5.54 Å². The molecule has 0 saturated carbocycles. The van der Waals surface area contributed by atoms with Gasteiger partial charge in [-0.1, -0.05) is 20.3 Å². The van der Waals surface area contributed by atoms with E-state index in [0.29, 0.717) is 21.6 Å². The Balaban J connectivity index is 0.00000261. The molecule has 8 heteroatoms. The summed E-state index contributed by atoms with van der Waals surface area (Å²) in [5, 5.41) is 3.55. The van der Waals surface area contributed by atoms with Crippen LogP contribution in [-0.4, -0.2) is 27.5 Å². The van der Waals surface area contributed by atoms with Crippen molar-refractivity contribution in [1.29, 1.82) is 0 Å². The maximum absolute atomic E-state index is 13.0. The van der Waals surface area contributed by atoms with Crippen molar-refractivity contribution in [3.05, 3.63) is 26.6 Å². The zero-order chi connectivity index (χ0) is 18.9. The summed E-state index contributed by atoms with van der Waals surface area (Å²) in [5.74, 6) is 0.688. The molecule has 0 atom stereocenters. The predicted octanol–water partition coefficient (Wildman–Crippen LogP) is 3.16. The average Bonchev–Trinajstić information content (AvgIpc) is 2.82. The molecule has 3 N–H and O–H groups in total. The summed E-state index contributed by atoms with van der Waals surface area (Å²) < 4.78 is 1.80. The van der Waals surface area contributed by atoms with Crippen LogP contribution in [-0.2, 0) is 13.0 Å². The number of nitrogens with zero attached hydrogens (tertiary/aromatic N) is 2. The standard InChI is InChI=1S/C19H28N4O2S.ClH/c1-4-19(20,5-2)11-21-16(24)15-12(3)14-17(26-15)22-13-9-7-6-8-10-23(13)18(14)25;/h4-11,20H2,1-3H3,(H,21,24);1H. The second-order valence-corrected chi connectivity index (χ2v) is 8.28. The van der Waals surface area contributed by atoms with Crippen molar-refractivity contribution in [1.82, 2.24) is 14.9 Å². The van der Waals surface area contributed by atoms with E-state index >= 15 is 0 Å². The van der Waals surface area contributed by atoms with Gasteiger partial charge in [0, 0.05) is 25.0 Å². The molecule has 1 amide bonds. The lowest BCUT2D eigenvalue weighted by atomic mass is 9.94. The lowest BCUT2D eigenvalue weighted by Crippen LogP contribution is -2.49. The average molecular weight is 413 g/mol. The van der Waals surface area contributed by atoms with Crippen LogP contribution >= 0.6 is 23.7 Å². The number of nitrogens with one attached hydrogen (secondary N) is 1. The van der Waals surface area contributed by atoms with Crippen molar-refractivity contribution in [2.24, 2.45) is 5.73 Å². The van der Waals surface area contributed by atoms with E-state index in [2.05, 4.69) is 5.32 Å². The number of thiophene rings is 1. The minimum absolute atomic E-state index is 0. The first-order valence-electron chi connectivity index (χ1n) is 9.50. The summed E-state index contributed by atoms with van der Waals surface area (Å²) in [6, 6.07) is 0. The Morgan fingerprint density at radius 2 is 2.00 bits per heavy atom. The van der Waals surface area contributed by atoms with Crippen LogP contribution in [0, 0.1) is 6.92 Å². The zero-order valence-corrected chi connectivity index (χ0v) is 17.9. The molecule has 27 heavy (non-hydrogen) atoms. The molecule has 0 spiro atoms. The third-order valence-corrected chi connectivity index (χ3v) is 6.81. The van der Waals surface area contributed by atoms with E-state index in [9.17, 15) is 9.59 Å². The number of hydrogen-bond acceptors (Lipinski definition) is 5. The van der Waals surface area contributed by atoms with Crippen LogP contribution in [0.25, 0.3) is 10.2 Å². The molecule has 0 saturated heterocycles. The van der Waals surface area contributed by atoms with E-state index in [4.69, 9.17) is 10.7 Å². The zero-order valence-electron chi connectivity index (χ0n) is 16.3. The largest absolute Gasteiger partial charge is 0.349 e. The van der Waals surface area contributed by atoms with Gasteiger partial charge in [-0.25, -0.2) is 4.98 Å². The van der Waals surface area contributed by atoms with Gasteiger partial charge >= 0.3 is 0 Å². The van der Waals surface area contributed by atoms with Gasteiger partial charge in [0.05, 0.1) is 10.3 Å². The molecule has 0 aliphatic carbocycles. The van der Waals surface area contributed by atoms with Crippen molar-refractivity contribution < 1.29 is 4.79 Å². The molecule has 0 bridgehead atoms. The normalized spacial score (nSPS) is 14.4. The third kappa shape index (κ3) is 4.20. The first-order valence-corrected chi connectivity index (χ1v) is 10.3. The molecule has 3 rings (SSSR count). The van der Waals surface area contributed by atoms with Crippen LogP contribution in [0.5, 0.6) is 0 Å². The van der Waals surface area contributed by atoms with E-state index in [1.54, 1.807) is 4.57 Å². The van der Waals surface area contributed by atoms with E-state index in [-0.39, 0.29) is 23.9 Å². The summed E-state index contributed by atoms with van der Waals surface area (Å²) in [6.07, 6.45) is 5.60. The molecule has 1 aliphatic heterocycles. The Labute approximate surface area is 170 Å². The van der Waals surface area contributed by atoms with Crippen molar-refractivity contribution in [2.45, 2.75) is 71.4 Å². The molecular weight excluding hydrogens is 384 g/mol. The molecule has 6 nitrogen and oxygen atoms in total. The highest BCUT2D eigenvalue weighted by atomic mass is 35.5. The second kappa shape index (κ2) is 8.71. The fourth-order valence-electron chi connectivity index (χ4n) is 3.46. The second-order valence-electron chi connectivity index (χ2n) is 7.28. The lowest BCUT2D eigenvalue weighted by molar-refractivity contribution is 0.0946. The smallest absolute Gasteiger partial charge is 0.262 e. The Morgan fingerprint density at radius 1 is 1.30 bits per heavy atom. The molecule has 0 unspecified atom stereocenters. The van der Waals surface area contributed by atoms with Crippen LogP contribution in [0.4, 0.5) is 0 Å². The third-order valence-electron chi connectivity index (χ3n) is 5.63. The van der Waals surface area contributed by atoms with E-state index in [1.165, 1.54) is 11.3 Å². The number of aromatic nitrogens is 2. The van der Waals surface area contributed by atoms with Gasteiger partial charge < -0.3 is 11.1 Å². The highest BCUT2D eigenvalue weighted by Gasteiger charge is 2.25. The van der Waals surface area contributed by atoms with Crippen molar-refractivity contribution in [2.75, 3.05) is 6.54 Å². The Morgan fingerprint density at radius 3 is 2.67 bits per heavy atom. The van der Waals surface area contributed by atoms with Crippen LogP contribution in [0.1, 0.15) is 67.0 Å². The first kappa shape index (κ1) is 21.9. The molecule has 0 fully saturated rings. The highest BCUT2D eigenvalue weighted by Crippen LogP contribution is 2.28. The minimum Gasteiger partial charge on any atom is -0.349 e. The number of carbonyl (C=O) groups is 1. The monoisotopic (exact) mass is 412 g/mol. The van der Waals surface area contributed by atoms with Gasteiger partial charge in [0.2, 0.25) is 0 Å². The summed E-state index contributed by atoms with van der Waals surface area (Å²) in [5.41, 5.74) is 6.61. The van der Waals surface area contributed by atoms with Crippen molar-refractivity contribution >= 4 is 39.9 Å². The summed E-state index contributed by atoms with van der Waals surface area (Å²) in [7, 11) is 0. The molecule has 0 radical (unpaired) electrons. The SMILES string of the molecule is CCC(N)(CC)CNC(=O)c1sc2nc3n(c(=O)c2c1C)CCCCC3.Cl. The molecule has 3 heterocycles. The number of nitrogens with two attached hydrogens (primary N) is 1. The van der Waals surface area contributed by atoms with Crippen molar-refractivity contribution in [3.63, 3.8) is 0 Å². The number of hydrogen-bond donors (Lipinski definition) is 2. The maximum Gasteiger partial charge on any atom is 0.262 e. The fourth-order valence-corrected chi connectivity index (χ4v) is 4.57. The van der Waals surface area contributed by atoms with E-state index in [1.807, 2.05) is 20.8 Å². The molecule has 2 aromatic heterocycles. The van der Waals surface area contributed by atoms with Crippen LogP contribution in [0.2, 0.25) is 0 Å². The van der Waals surface area contributed by atoms with Gasteiger partial charge in [-0.2, -0.15) is 0 Å². The number of halogens is 1. The van der Waals surface area contributed by atoms with Gasteiger partial charge in [-0.3, -0.25) is 14.2 Å². The number of amides is 1. The summed E-state index contributed by atoms with van der Waals surface area (Å²) in [6.45, 7) is 7.04. The summed E-state index contributed by atoms with van der Waals surface area (Å²) >= 11 is 1.31. The topological polar surface area (TPSA) is 90.0 Å². The molecule has 1 aliphatic rings. The van der Waals surface area contributed by atoms with Gasteiger partial charge in [-0.05, 0) is 38.2 Å². The molecule has 2 aromatic rings. The van der Waals surface area contributed by atoms with Crippen LogP contribution in [0.15, 0.2) is 4.79 Å². The number of rotatable bonds is 5. The number of aryl methyl sites for hydroxylation is 2. The van der Waals surface area contributed by atoms with Crippen LogP contribution < -0.4 is 16.6 Å². The summed E-state index contributed by atoms with van der Waals surface area (Å²) in [4.78, 5) is 31.6. The van der Waals surface area contributed by atoms with Gasteiger partial charge in [0.25, 0.3) is 11.5 Å². The van der Waals surface area contributed by atoms with Gasteiger partial charge in [-0.15, -0.1) is 23.7 Å². The molecule has 0 aromatic carbocycles. The van der Waals surface area contributed by atoms with E-state index in [0.717, 1.165) is 56.5 Å². The molecule has 150 valence electrons. The van der Waals surface area contributed by atoms with Crippen LogP contribution in [0.3, 0.4) is 0 Å². The van der Waals surface area contributed by atoms with Crippen molar-refractivity contribution in [3.8, 4) is 0 Å². The molecular formula is C19H29ClN4O2S. The Kier molecular flexibility index (Phi) is 7.05. The quantitative estimate of drug-likeness (QED) is 0.789. The maximum atomic E-state index is 13.0. The van der Waals surface area contributed by atoms with Gasteiger partial charge in [0.15, 0.2) is 0 Å².